The fraction of sp³-hybridized carbons (Fsp3) is 0.0769. The van der Waals surface area contributed by atoms with Crippen LogP contribution in [-0.4, -0.2) is 10.9 Å². The van der Waals surface area contributed by atoms with E-state index in [1.807, 2.05) is 6.92 Å². The van der Waals surface area contributed by atoms with Gasteiger partial charge in [0.2, 0.25) is 0 Å². The number of nitrogens with zero attached hydrogens (tertiary/aromatic N) is 1. The van der Waals surface area contributed by atoms with Crippen LogP contribution in [0.3, 0.4) is 0 Å². The third-order valence-electron chi connectivity index (χ3n) is 2.57. The van der Waals surface area contributed by atoms with Crippen molar-refractivity contribution in [1.29, 1.82) is 0 Å². The van der Waals surface area contributed by atoms with E-state index >= 15 is 0 Å². The number of benzene rings is 1. The van der Waals surface area contributed by atoms with Gasteiger partial charge >= 0.3 is 0 Å². The summed E-state index contributed by atoms with van der Waals surface area (Å²) in [7, 11) is 0. The molecule has 1 aromatic carbocycles. The smallest absolute Gasteiger partial charge is 0.257 e. The zero-order valence-electron chi connectivity index (χ0n) is 9.88. The van der Waals surface area contributed by atoms with Crippen LogP contribution in [-0.2, 0) is 0 Å². The largest absolute Gasteiger partial charge is 0.322 e. The van der Waals surface area contributed by atoms with E-state index in [-0.39, 0.29) is 16.1 Å². The Bertz CT molecular complexity index is 644. The summed E-state index contributed by atoms with van der Waals surface area (Å²) in [6.45, 7) is 1.82. The number of carbonyl (C=O) groups excluding carboxylic acids is 1. The van der Waals surface area contributed by atoms with Gasteiger partial charge in [0.05, 0.1) is 10.6 Å². The molecule has 1 N–H and O–H groups in total. The average molecular weight is 316 g/mol. The zero-order valence-corrected chi connectivity index (χ0v) is 12.1. The quantitative estimate of drug-likeness (QED) is 0.823. The van der Waals surface area contributed by atoms with Gasteiger partial charge in [-0.2, -0.15) is 0 Å². The van der Waals surface area contributed by atoms with Gasteiger partial charge < -0.3 is 5.32 Å². The lowest BCUT2D eigenvalue weighted by Crippen LogP contribution is -2.13. The minimum atomic E-state index is -0.323. The lowest BCUT2D eigenvalue weighted by molar-refractivity contribution is 0.102. The van der Waals surface area contributed by atoms with Gasteiger partial charge in [-0.25, -0.2) is 4.98 Å². The maximum absolute atomic E-state index is 12.0. The van der Waals surface area contributed by atoms with Crippen molar-refractivity contribution in [3.05, 3.63) is 56.8 Å². The molecule has 0 bridgehead atoms. The lowest BCUT2D eigenvalue weighted by atomic mass is 10.2. The highest BCUT2D eigenvalue weighted by atomic mass is 35.5. The molecule has 0 saturated heterocycles. The number of nitrogens with one attached hydrogen (secondary N) is 1. The first-order chi connectivity index (χ1) is 8.99. The predicted octanol–water partition coefficient (Wildman–Crippen LogP) is 4.60. The Morgan fingerprint density at radius 3 is 2.63 bits per heavy atom. The summed E-state index contributed by atoms with van der Waals surface area (Å²) in [5, 5.41) is 3.73. The number of rotatable bonds is 2. The van der Waals surface area contributed by atoms with Gasteiger partial charge in [0.1, 0.15) is 5.15 Å². The molecule has 0 spiro atoms. The van der Waals surface area contributed by atoms with Crippen LogP contribution in [0, 0.1) is 6.92 Å². The van der Waals surface area contributed by atoms with E-state index in [0.717, 1.165) is 5.56 Å². The third kappa shape index (κ3) is 3.18. The normalized spacial score (nSPS) is 10.3. The summed E-state index contributed by atoms with van der Waals surface area (Å²) < 4.78 is 0. The van der Waals surface area contributed by atoms with Crippen molar-refractivity contribution in [1.82, 2.24) is 4.98 Å². The first kappa shape index (κ1) is 14.1. The van der Waals surface area contributed by atoms with Crippen molar-refractivity contribution < 1.29 is 4.79 Å². The Labute approximate surface area is 125 Å². The van der Waals surface area contributed by atoms with Crippen molar-refractivity contribution in [2.24, 2.45) is 0 Å². The van der Waals surface area contributed by atoms with Crippen LogP contribution < -0.4 is 5.32 Å². The summed E-state index contributed by atoms with van der Waals surface area (Å²) in [6.07, 6.45) is 1.36. The highest BCUT2D eigenvalue weighted by Gasteiger charge is 2.11. The molecule has 2 rings (SSSR count). The molecule has 0 aliphatic heterocycles. The number of halogens is 3. The van der Waals surface area contributed by atoms with E-state index in [1.54, 1.807) is 18.2 Å². The number of carbonyl (C=O) groups is 1. The Kier molecular flexibility index (Phi) is 4.30. The lowest BCUT2D eigenvalue weighted by Gasteiger charge is -2.09. The van der Waals surface area contributed by atoms with Gasteiger partial charge in [0.15, 0.2) is 0 Å². The Morgan fingerprint density at radius 1 is 1.21 bits per heavy atom. The van der Waals surface area contributed by atoms with Crippen molar-refractivity contribution >= 4 is 46.4 Å². The molecule has 0 atom stereocenters. The molecular formula is C13H9Cl3N2O. The van der Waals surface area contributed by atoms with Crippen LogP contribution in [0.2, 0.25) is 15.2 Å². The Hall–Kier alpha value is -1.29. The maximum Gasteiger partial charge on any atom is 0.257 e. The van der Waals surface area contributed by atoms with Gasteiger partial charge in [-0.05, 0) is 30.7 Å². The molecule has 1 heterocycles. The van der Waals surface area contributed by atoms with Crippen LogP contribution in [0.15, 0.2) is 30.5 Å². The van der Waals surface area contributed by atoms with E-state index in [9.17, 15) is 4.79 Å². The number of pyridine rings is 1. The molecule has 98 valence electrons. The molecular weight excluding hydrogens is 307 g/mol. The molecule has 0 aliphatic rings. The third-order valence-corrected chi connectivity index (χ3v) is 3.67. The number of hydrogen-bond donors (Lipinski definition) is 1. The summed E-state index contributed by atoms with van der Waals surface area (Å²) in [5.74, 6) is -0.323. The second-order valence-corrected chi connectivity index (χ2v) is 5.04. The topological polar surface area (TPSA) is 42.0 Å². The number of anilines is 1. The van der Waals surface area contributed by atoms with E-state index in [2.05, 4.69) is 10.3 Å². The molecule has 0 fully saturated rings. The number of aromatic nitrogens is 1. The molecule has 0 saturated carbocycles. The average Bonchev–Trinajstić information content (AvgIpc) is 2.38. The Morgan fingerprint density at radius 2 is 1.95 bits per heavy atom. The molecule has 2 aromatic rings. The summed E-state index contributed by atoms with van der Waals surface area (Å²) in [5.41, 5.74) is 1.77. The van der Waals surface area contributed by atoms with Gasteiger partial charge in [-0.15, -0.1) is 0 Å². The van der Waals surface area contributed by atoms with Crippen LogP contribution in [0.25, 0.3) is 0 Å². The number of hydrogen-bond acceptors (Lipinski definition) is 2. The van der Waals surface area contributed by atoms with E-state index in [4.69, 9.17) is 34.8 Å². The fourth-order valence-corrected chi connectivity index (χ4v) is 1.93. The summed E-state index contributed by atoms with van der Waals surface area (Å²) >= 11 is 17.5. The summed E-state index contributed by atoms with van der Waals surface area (Å²) in [4.78, 5) is 15.9. The number of amides is 1. The van der Waals surface area contributed by atoms with E-state index < -0.39 is 0 Å². The van der Waals surface area contributed by atoms with Crippen LogP contribution >= 0.6 is 34.8 Å². The molecule has 3 nitrogen and oxygen atoms in total. The monoisotopic (exact) mass is 314 g/mol. The minimum Gasteiger partial charge on any atom is -0.322 e. The van der Waals surface area contributed by atoms with Crippen molar-refractivity contribution in [3.63, 3.8) is 0 Å². The molecule has 19 heavy (non-hydrogen) atoms. The first-order valence-electron chi connectivity index (χ1n) is 5.36. The zero-order chi connectivity index (χ0) is 14.0. The fourth-order valence-electron chi connectivity index (χ4n) is 1.48. The second-order valence-electron chi connectivity index (χ2n) is 3.86. The van der Waals surface area contributed by atoms with Crippen LogP contribution in [0.5, 0.6) is 0 Å². The molecule has 0 aliphatic carbocycles. The second kappa shape index (κ2) is 5.78. The first-order valence-corrected chi connectivity index (χ1v) is 6.50. The predicted molar refractivity (Wildman–Crippen MR) is 78.4 cm³/mol. The molecule has 0 unspecified atom stereocenters. The SMILES string of the molecule is Cc1c(Cl)cccc1NC(=O)c1cnc(Cl)c(Cl)c1. The summed E-state index contributed by atoms with van der Waals surface area (Å²) in [6, 6.07) is 6.75. The molecule has 1 amide bonds. The standard InChI is InChI=1S/C13H9Cl3N2O/c1-7-9(14)3-2-4-11(7)18-13(19)8-5-10(15)12(16)17-6-8/h2-6H,1H3,(H,18,19). The minimum absolute atomic E-state index is 0.164. The Balaban J connectivity index is 2.26. The maximum atomic E-state index is 12.0. The van der Waals surface area contributed by atoms with Gasteiger partial charge in [-0.1, -0.05) is 40.9 Å². The van der Waals surface area contributed by atoms with Crippen molar-refractivity contribution in [2.45, 2.75) is 6.92 Å². The molecule has 0 radical (unpaired) electrons. The van der Waals surface area contributed by atoms with Crippen molar-refractivity contribution in [3.8, 4) is 0 Å². The van der Waals surface area contributed by atoms with Crippen LogP contribution in [0.4, 0.5) is 5.69 Å². The highest BCUT2D eigenvalue weighted by Crippen LogP contribution is 2.24. The van der Waals surface area contributed by atoms with E-state index in [1.165, 1.54) is 12.3 Å². The van der Waals surface area contributed by atoms with Gasteiger partial charge in [0, 0.05) is 16.9 Å². The molecule has 6 heteroatoms. The van der Waals surface area contributed by atoms with Crippen molar-refractivity contribution in [2.75, 3.05) is 5.32 Å². The molecule has 1 aromatic heterocycles. The van der Waals surface area contributed by atoms with Crippen LogP contribution in [0.1, 0.15) is 15.9 Å². The van der Waals surface area contributed by atoms with Gasteiger partial charge in [0.25, 0.3) is 5.91 Å². The van der Waals surface area contributed by atoms with Gasteiger partial charge in [-0.3, -0.25) is 4.79 Å². The highest BCUT2D eigenvalue weighted by molar-refractivity contribution is 6.41. The van der Waals surface area contributed by atoms with E-state index in [0.29, 0.717) is 16.3 Å².